The van der Waals surface area contributed by atoms with Crippen molar-refractivity contribution in [2.75, 3.05) is 6.54 Å². The Hall–Kier alpha value is -0.520. The van der Waals surface area contributed by atoms with Crippen molar-refractivity contribution in [1.29, 1.82) is 0 Å². The minimum Gasteiger partial charge on any atom is -0.329 e. The highest BCUT2D eigenvalue weighted by atomic mass is 15.0. The first-order chi connectivity index (χ1) is 5.11. The first kappa shape index (κ1) is 10.5. The van der Waals surface area contributed by atoms with Gasteiger partial charge in [-0.15, -0.1) is 6.42 Å². The van der Waals surface area contributed by atoms with Gasteiger partial charge in [-0.1, -0.05) is 19.8 Å². The molecule has 3 N–H and O–H groups in total. The highest BCUT2D eigenvalue weighted by molar-refractivity contribution is 4.97. The third-order valence-corrected chi connectivity index (χ3v) is 1.77. The van der Waals surface area contributed by atoms with Gasteiger partial charge in [-0.2, -0.15) is 0 Å². The molecule has 64 valence electrons. The fourth-order valence-electron chi connectivity index (χ4n) is 0.902. The summed E-state index contributed by atoms with van der Waals surface area (Å²) in [6, 6.07) is 0.451. The van der Waals surface area contributed by atoms with E-state index in [4.69, 9.17) is 12.2 Å². The first-order valence-corrected chi connectivity index (χ1v) is 4.04. The fraction of sp³-hybridized carbons (Fsp3) is 0.778. The van der Waals surface area contributed by atoms with Crippen molar-refractivity contribution in [1.82, 2.24) is 5.32 Å². The van der Waals surface area contributed by atoms with E-state index in [0.29, 0.717) is 18.5 Å². The average molecular weight is 154 g/mol. The van der Waals surface area contributed by atoms with Gasteiger partial charge in [0.05, 0.1) is 6.04 Å². The Morgan fingerprint density at radius 3 is 2.27 bits per heavy atom. The van der Waals surface area contributed by atoms with Crippen molar-refractivity contribution < 1.29 is 0 Å². The summed E-state index contributed by atoms with van der Waals surface area (Å²) >= 11 is 0. The highest BCUT2D eigenvalue weighted by Gasteiger charge is 2.11. The number of hydrogen-bond donors (Lipinski definition) is 2. The van der Waals surface area contributed by atoms with Crippen molar-refractivity contribution in [3.8, 4) is 12.3 Å². The normalized spacial score (nSPS) is 16.0. The maximum absolute atomic E-state index is 5.55. The molecule has 0 fully saturated rings. The van der Waals surface area contributed by atoms with Crippen LogP contribution in [0.5, 0.6) is 0 Å². The molecule has 0 radical (unpaired) electrons. The number of terminal acetylenes is 1. The van der Waals surface area contributed by atoms with Crippen LogP contribution in [0.15, 0.2) is 0 Å². The summed E-state index contributed by atoms with van der Waals surface area (Å²) in [5.41, 5.74) is 5.55. The molecule has 0 saturated carbocycles. The van der Waals surface area contributed by atoms with Crippen LogP contribution in [0.1, 0.15) is 20.8 Å². The van der Waals surface area contributed by atoms with Crippen LogP contribution in [0.4, 0.5) is 0 Å². The van der Waals surface area contributed by atoms with Gasteiger partial charge in [0.2, 0.25) is 0 Å². The summed E-state index contributed by atoms with van der Waals surface area (Å²) in [6.07, 6.45) is 5.22. The Kier molecular flexibility index (Phi) is 4.93. The zero-order valence-electron chi connectivity index (χ0n) is 7.59. The molecule has 0 heterocycles. The molecule has 2 unspecified atom stereocenters. The van der Waals surface area contributed by atoms with E-state index in [1.165, 1.54) is 0 Å². The van der Waals surface area contributed by atoms with Crippen molar-refractivity contribution in [3.05, 3.63) is 0 Å². The summed E-state index contributed by atoms with van der Waals surface area (Å²) in [6.45, 7) is 6.87. The Morgan fingerprint density at radius 2 is 2.00 bits per heavy atom. The monoisotopic (exact) mass is 154 g/mol. The molecule has 0 amide bonds. The Morgan fingerprint density at radius 1 is 1.45 bits per heavy atom. The van der Waals surface area contributed by atoms with Crippen LogP contribution in [0.2, 0.25) is 0 Å². The van der Waals surface area contributed by atoms with E-state index in [2.05, 4.69) is 25.1 Å². The van der Waals surface area contributed by atoms with Crippen LogP contribution in [0.25, 0.3) is 0 Å². The minimum absolute atomic E-state index is 0.117. The zero-order valence-corrected chi connectivity index (χ0v) is 7.59. The summed E-state index contributed by atoms with van der Waals surface area (Å²) in [4.78, 5) is 0. The second-order valence-corrected chi connectivity index (χ2v) is 3.14. The van der Waals surface area contributed by atoms with Crippen LogP contribution in [0, 0.1) is 18.3 Å². The van der Waals surface area contributed by atoms with E-state index in [1.807, 2.05) is 6.92 Å². The van der Waals surface area contributed by atoms with Gasteiger partial charge in [0, 0.05) is 12.6 Å². The molecule has 0 aromatic heterocycles. The summed E-state index contributed by atoms with van der Waals surface area (Å²) in [5, 5.41) is 3.25. The van der Waals surface area contributed by atoms with E-state index in [-0.39, 0.29) is 6.04 Å². The molecule has 0 saturated heterocycles. The van der Waals surface area contributed by atoms with Gasteiger partial charge in [0.15, 0.2) is 0 Å². The summed E-state index contributed by atoms with van der Waals surface area (Å²) in [5.74, 6) is 3.16. The van der Waals surface area contributed by atoms with Crippen molar-refractivity contribution in [2.24, 2.45) is 11.7 Å². The van der Waals surface area contributed by atoms with Gasteiger partial charge in [0.1, 0.15) is 0 Å². The molecule has 2 atom stereocenters. The van der Waals surface area contributed by atoms with E-state index in [1.54, 1.807) is 0 Å². The Bertz CT molecular complexity index is 135. The molecule has 0 aliphatic carbocycles. The predicted molar refractivity (Wildman–Crippen MR) is 49.1 cm³/mol. The second-order valence-electron chi connectivity index (χ2n) is 3.14. The molecule has 11 heavy (non-hydrogen) atoms. The number of nitrogens with one attached hydrogen (secondary N) is 1. The molecular weight excluding hydrogens is 136 g/mol. The number of rotatable bonds is 4. The van der Waals surface area contributed by atoms with Crippen LogP contribution in [-0.4, -0.2) is 18.6 Å². The lowest BCUT2D eigenvalue weighted by molar-refractivity contribution is 0.394. The van der Waals surface area contributed by atoms with Gasteiger partial charge in [0.25, 0.3) is 0 Å². The van der Waals surface area contributed by atoms with Crippen molar-refractivity contribution in [2.45, 2.75) is 32.9 Å². The van der Waals surface area contributed by atoms with E-state index in [9.17, 15) is 0 Å². The predicted octanol–water partition coefficient (Wildman–Crippen LogP) is 0.581. The van der Waals surface area contributed by atoms with Gasteiger partial charge in [-0.05, 0) is 12.8 Å². The van der Waals surface area contributed by atoms with E-state index >= 15 is 0 Å². The molecule has 0 aliphatic rings. The lowest BCUT2D eigenvalue weighted by Gasteiger charge is -2.22. The second kappa shape index (κ2) is 5.17. The van der Waals surface area contributed by atoms with E-state index < -0.39 is 0 Å². The molecule has 0 aromatic rings. The molecule has 0 aromatic carbocycles. The van der Waals surface area contributed by atoms with Crippen molar-refractivity contribution >= 4 is 0 Å². The molecular formula is C9H18N2. The zero-order chi connectivity index (χ0) is 8.85. The molecule has 0 aliphatic heterocycles. The van der Waals surface area contributed by atoms with Gasteiger partial charge >= 0.3 is 0 Å². The van der Waals surface area contributed by atoms with E-state index in [0.717, 1.165) is 0 Å². The number of nitrogens with two attached hydrogens (primary N) is 1. The highest BCUT2D eigenvalue weighted by Crippen LogP contribution is 2.00. The largest absolute Gasteiger partial charge is 0.329 e. The van der Waals surface area contributed by atoms with Crippen molar-refractivity contribution in [3.63, 3.8) is 0 Å². The fourth-order valence-corrected chi connectivity index (χ4v) is 0.902. The summed E-state index contributed by atoms with van der Waals surface area (Å²) in [7, 11) is 0. The van der Waals surface area contributed by atoms with Crippen LogP contribution in [0.3, 0.4) is 0 Å². The molecule has 0 spiro atoms. The summed E-state index contributed by atoms with van der Waals surface area (Å²) < 4.78 is 0. The lowest BCUT2D eigenvalue weighted by Crippen LogP contribution is -2.44. The third kappa shape index (κ3) is 4.02. The standard InChI is InChI=1S/C9H18N2/c1-5-8(4)11-9(6-10)7(2)3/h1,7-9,11H,6,10H2,2-4H3. The first-order valence-electron chi connectivity index (χ1n) is 4.04. The molecule has 2 heteroatoms. The van der Waals surface area contributed by atoms with Crippen LogP contribution >= 0.6 is 0 Å². The van der Waals surface area contributed by atoms with Crippen LogP contribution in [-0.2, 0) is 0 Å². The maximum Gasteiger partial charge on any atom is 0.0660 e. The Labute approximate surface area is 69.5 Å². The number of hydrogen-bond acceptors (Lipinski definition) is 2. The minimum atomic E-state index is 0.117. The topological polar surface area (TPSA) is 38.0 Å². The third-order valence-electron chi connectivity index (χ3n) is 1.77. The lowest BCUT2D eigenvalue weighted by atomic mass is 10.0. The van der Waals surface area contributed by atoms with Gasteiger partial charge in [-0.3, -0.25) is 5.32 Å². The quantitative estimate of drug-likeness (QED) is 0.581. The maximum atomic E-state index is 5.55. The van der Waals surface area contributed by atoms with Crippen LogP contribution < -0.4 is 11.1 Å². The molecule has 2 nitrogen and oxygen atoms in total. The smallest absolute Gasteiger partial charge is 0.0660 e. The SMILES string of the molecule is C#CC(C)NC(CN)C(C)C. The van der Waals surface area contributed by atoms with Gasteiger partial charge < -0.3 is 5.73 Å². The average Bonchev–Trinajstić information content (AvgIpc) is 1.99. The van der Waals surface area contributed by atoms with Gasteiger partial charge in [-0.25, -0.2) is 0 Å². The molecule has 0 bridgehead atoms. The molecule has 0 rings (SSSR count). The Balaban J connectivity index is 3.80.